The molecule has 0 amide bonds. The first-order valence-electron chi connectivity index (χ1n) is 4.92. The van der Waals surface area contributed by atoms with E-state index in [9.17, 15) is 0 Å². The lowest BCUT2D eigenvalue weighted by Crippen LogP contribution is -2.32. The van der Waals surface area contributed by atoms with Crippen LogP contribution in [0, 0.1) is 0 Å². The van der Waals surface area contributed by atoms with Gasteiger partial charge in [0.25, 0.3) is 0 Å². The molecule has 6 nitrogen and oxygen atoms in total. The second-order valence-electron chi connectivity index (χ2n) is 3.58. The fraction of sp³-hybridized carbons (Fsp3) is 0.500. The summed E-state index contributed by atoms with van der Waals surface area (Å²) in [6, 6.07) is 0.242. The lowest BCUT2D eigenvalue weighted by molar-refractivity contribution is 0.439. The average Bonchev–Trinajstić information content (AvgIpc) is 2.84. The van der Waals surface area contributed by atoms with Crippen LogP contribution in [0.25, 0.3) is 10.8 Å². The molecule has 0 aliphatic carbocycles. The Morgan fingerprint density at radius 3 is 3.12 bits per heavy atom. The van der Waals surface area contributed by atoms with Gasteiger partial charge in [-0.2, -0.15) is 4.37 Å². The normalized spacial score (nSPS) is 19.8. The summed E-state index contributed by atoms with van der Waals surface area (Å²) < 4.78 is 6.80. The topological polar surface area (TPSA) is 68.5 Å². The molecule has 0 unspecified atom stereocenters. The SMILES string of the molecule is C[C@H]1NCCn2c(-c3nc(Br)ns3)nnc21. The standard InChI is InChI=1S/C8H9BrN6S/c1-4-5-12-13-6(15(5)3-2-10-4)7-11-8(9)14-16-7/h4,10H,2-3H2,1H3/t4-/m1/s1. The number of hydrogen-bond acceptors (Lipinski definition) is 6. The summed E-state index contributed by atoms with van der Waals surface area (Å²) in [5.41, 5.74) is 0. The minimum Gasteiger partial charge on any atom is -0.306 e. The first-order chi connectivity index (χ1) is 7.75. The fourth-order valence-corrected chi connectivity index (χ4v) is 2.87. The molecule has 1 N–H and O–H groups in total. The Hall–Kier alpha value is -0.860. The molecule has 0 bridgehead atoms. The molecule has 0 spiro atoms. The Morgan fingerprint density at radius 1 is 1.50 bits per heavy atom. The van der Waals surface area contributed by atoms with Gasteiger partial charge < -0.3 is 9.88 Å². The van der Waals surface area contributed by atoms with Gasteiger partial charge in [0.2, 0.25) is 4.73 Å². The molecule has 2 aromatic heterocycles. The van der Waals surface area contributed by atoms with Gasteiger partial charge in [0.05, 0.1) is 6.04 Å². The van der Waals surface area contributed by atoms with E-state index in [2.05, 4.69) is 52.3 Å². The van der Waals surface area contributed by atoms with Crippen LogP contribution in [0.5, 0.6) is 0 Å². The monoisotopic (exact) mass is 300 g/mol. The van der Waals surface area contributed by atoms with Crippen molar-refractivity contribution in [1.29, 1.82) is 0 Å². The summed E-state index contributed by atoms with van der Waals surface area (Å²) in [5.74, 6) is 1.78. The molecule has 8 heteroatoms. The summed E-state index contributed by atoms with van der Waals surface area (Å²) in [5, 5.41) is 12.5. The van der Waals surface area contributed by atoms with Crippen LogP contribution >= 0.6 is 27.5 Å². The molecule has 0 saturated heterocycles. The van der Waals surface area contributed by atoms with Gasteiger partial charge in [0.15, 0.2) is 10.8 Å². The van der Waals surface area contributed by atoms with Crippen molar-refractivity contribution in [2.75, 3.05) is 6.54 Å². The zero-order chi connectivity index (χ0) is 11.1. The van der Waals surface area contributed by atoms with Crippen LogP contribution in [-0.2, 0) is 6.54 Å². The van der Waals surface area contributed by atoms with Gasteiger partial charge in [0.1, 0.15) is 5.82 Å². The smallest absolute Gasteiger partial charge is 0.209 e. The molecule has 1 aliphatic rings. The summed E-state index contributed by atoms with van der Waals surface area (Å²) >= 11 is 4.57. The van der Waals surface area contributed by atoms with Crippen molar-refractivity contribution in [3.63, 3.8) is 0 Å². The minimum absolute atomic E-state index is 0.242. The van der Waals surface area contributed by atoms with E-state index in [0.717, 1.165) is 29.7 Å². The molecular weight excluding hydrogens is 292 g/mol. The molecule has 16 heavy (non-hydrogen) atoms. The lowest BCUT2D eigenvalue weighted by Gasteiger charge is -2.21. The third-order valence-electron chi connectivity index (χ3n) is 2.55. The van der Waals surface area contributed by atoms with Gasteiger partial charge in [-0.1, -0.05) is 0 Å². The maximum Gasteiger partial charge on any atom is 0.209 e. The van der Waals surface area contributed by atoms with Gasteiger partial charge >= 0.3 is 0 Å². The minimum atomic E-state index is 0.242. The van der Waals surface area contributed by atoms with E-state index in [-0.39, 0.29) is 6.04 Å². The zero-order valence-corrected chi connectivity index (χ0v) is 10.9. The van der Waals surface area contributed by atoms with E-state index in [1.807, 2.05) is 0 Å². The lowest BCUT2D eigenvalue weighted by atomic mass is 10.2. The number of nitrogens with one attached hydrogen (secondary N) is 1. The van der Waals surface area contributed by atoms with Crippen LogP contribution in [0.3, 0.4) is 0 Å². The van der Waals surface area contributed by atoms with Crippen molar-refractivity contribution in [2.45, 2.75) is 19.5 Å². The van der Waals surface area contributed by atoms with Crippen LogP contribution in [0.4, 0.5) is 0 Å². The highest BCUT2D eigenvalue weighted by atomic mass is 79.9. The Labute approximate surface area is 104 Å². The van der Waals surface area contributed by atoms with Crippen molar-refractivity contribution < 1.29 is 0 Å². The third kappa shape index (κ3) is 1.57. The van der Waals surface area contributed by atoms with E-state index in [1.54, 1.807) is 0 Å². The molecular formula is C8H9BrN6S. The van der Waals surface area contributed by atoms with E-state index < -0.39 is 0 Å². The quantitative estimate of drug-likeness (QED) is 0.858. The fourth-order valence-electron chi connectivity index (χ4n) is 1.79. The van der Waals surface area contributed by atoms with Gasteiger partial charge in [-0.05, 0) is 34.4 Å². The van der Waals surface area contributed by atoms with E-state index in [0.29, 0.717) is 4.73 Å². The number of halogens is 1. The Morgan fingerprint density at radius 2 is 2.38 bits per heavy atom. The highest BCUT2D eigenvalue weighted by molar-refractivity contribution is 9.10. The van der Waals surface area contributed by atoms with Crippen molar-refractivity contribution in [1.82, 2.24) is 29.4 Å². The molecule has 0 saturated carbocycles. The zero-order valence-electron chi connectivity index (χ0n) is 8.51. The summed E-state index contributed by atoms with van der Waals surface area (Å²) in [6.07, 6.45) is 0. The van der Waals surface area contributed by atoms with Crippen LogP contribution < -0.4 is 5.32 Å². The summed E-state index contributed by atoms with van der Waals surface area (Å²) in [7, 11) is 0. The number of rotatable bonds is 1. The van der Waals surface area contributed by atoms with Gasteiger partial charge in [0, 0.05) is 13.1 Å². The second-order valence-corrected chi connectivity index (χ2v) is 5.04. The molecule has 3 heterocycles. The molecule has 0 fully saturated rings. The van der Waals surface area contributed by atoms with Crippen LogP contribution in [0.15, 0.2) is 4.73 Å². The highest BCUT2D eigenvalue weighted by Gasteiger charge is 2.23. The average molecular weight is 301 g/mol. The molecule has 1 atom stereocenters. The van der Waals surface area contributed by atoms with E-state index >= 15 is 0 Å². The number of fused-ring (bicyclic) bond motifs is 1. The number of hydrogen-bond donors (Lipinski definition) is 1. The molecule has 84 valence electrons. The Balaban J connectivity index is 2.09. The van der Waals surface area contributed by atoms with Crippen molar-refractivity contribution in [3.8, 4) is 10.8 Å². The second kappa shape index (κ2) is 3.86. The third-order valence-corrected chi connectivity index (χ3v) is 3.85. The first kappa shape index (κ1) is 10.3. The first-order valence-corrected chi connectivity index (χ1v) is 6.48. The molecule has 0 radical (unpaired) electrons. The van der Waals surface area contributed by atoms with Crippen molar-refractivity contribution >= 4 is 27.5 Å². The maximum atomic E-state index is 4.27. The highest BCUT2D eigenvalue weighted by Crippen LogP contribution is 2.25. The largest absolute Gasteiger partial charge is 0.306 e. The summed E-state index contributed by atoms with van der Waals surface area (Å²) in [6.45, 7) is 3.89. The maximum absolute atomic E-state index is 4.27. The van der Waals surface area contributed by atoms with Crippen molar-refractivity contribution in [2.24, 2.45) is 0 Å². The Bertz CT molecular complexity index is 520. The van der Waals surface area contributed by atoms with Gasteiger partial charge in [-0.25, -0.2) is 4.98 Å². The molecule has 1 aliphatic heterocycles. The van der Waals surface area contributed by atoms with Crippen molar-refractivity contribution in [3.05, 3.63) is 10.6 Å². The predicted octanol–water partition coefficient (Wildman–Crippen LogP) is 1.22. The van der Waals surface area contributed by atoms with Gasteiger partial charge in [-0.3, -0.25) is 0 Å². The van der Waals surface area contributed by atoms with Crippen LogP contribution in [0.1, 0.15) is 18.8 Å². The predicted molar refractivity (Wildman–Crippen MR) is 63.0 cm³/mol. The van der Waals surface area contributed by atoms with Crippen LogP contribution in [0.2, 0.25) is 0 Å². The van der Waals surface area contributed by atoms with Gasteiger partial charge in [-0.15, -0.1) is 10.2 Å². The van der Waals surface area contributed by atoms with E-state index in [4.69, 9.17) is 0 Å². The molecule has 0 aromatic carbocycles. The summed E-state index contributed by atoms with van der Waals surface area (Å²) in [4.78, 5) is 4.27. The van der Waals surface area contributed by atoms with Crippen LogP contribution in [-0.4, -0.2) is 30.7 Å². The molecule has 2 aromatic rings. The number of aromatic nitrogens is 5. The number of nitrogens with zero attached hydrogens (tertiary/aromatic N) is 5. The molecule has 3 rings (SSSR count). The Kier molecular flexibility index (Phi) is 2.49. The van der Waals surface area contributed by atoms with E-state index in [1.165, 1.54) is 11.5 Å².